The van der Waals surface area contributed by atoms with E-state index in [1.165, 1.54) is 5.57 Å². The largest absolute Gasteiger partial charge is 0.489 e. The van der Waals surface area contributed by atoms with E-state index in [0.29, 0.717) is 6.61 Å². The summed E-state index contributed by atoms with van der Waals surface area (Å²) in [5.41, 5.74) is 2.45. The van der Waals surface area contributed by atoms with Gasteiger partial charge in [0.15, 0.2) is 0 Å². The summed E-state index contributed by atoms with van der Waals surface area (Å²) >= 11 is 3.49. The number of fused-ring (bicyclic) bond motifs is 1. The highest BCUT2D eigenvalue weighted by molar-refractivity contribution is 9.10. The Labute approximate surface area is 123 Å². The molecule has 0 spiro atoms. The average Bonchev–Trinajstić information content (AvgIpc) is 2.42. The van der Waals surface area contributed by atoms with Crippen molar-refractivity contribution in [3.8, 4) is 5.75 Å². The zero-order valence-electron chi connectivity index (χ0n) is 11.6. The molecule has 1 N–H and O–H groups in total. The summed E-state index contributed by atoms with van der Waals surface area (Å²) in [6.45, 7) is 6.93. The number of hydrogen-bond acceptors (Lipinski definition) is 3. The highest BCUT2D eigenvalue weighted by Crippen LogP contribution is 2.28. The van der Waals surface area contributed by atoms with Crippen molar-refractivity contribution in [3.05, 3.63) is 33.8 Å². The van der Waals surface area contributed by atoms with Crippen LogP contribution in [0.1, 0.15) is 12.5 Å². The number of rotatable bonds is 6. The number of hydrogen-bond donors (Lipinski definition) is 1. The van der Waals surface area contributed by atoms with E-state index in [-0.39, 0.29) is 0 Å². The standard InChI is InChI=1S/C15H21BrN2O/c1-3-18(2)7-6-17-10-12-8-13-9-14(16)4-5-15(13)19-11-12/h4-5,8-9,17H,3,6-7,10-11H2,1-2H3. The lowest BCUT2D eigenvalue weighted by molar-refractivity contribution is 0.335. The molecule has 0 aromatic heterocycles. The van der Waals surface area contributed by atoms with Crippen LogP contribution in [0.4, 0.5) is 0 Å². The first kappa shape index (κ1) is 14.6. The van der Waals surface area contributed by atoms with E-state index in [1.54, 1.807) is 0 Å². The normalized spacial score (nSPS) is 14.0. The van der Waals surface area contributed by atoms with Gasteiger partial charge in [0.1, 0.15) is 12.4 Å². The van der Waals surface area contributed by atoms with Gasteiger partial charge in [-0.2, -0.15) is 0 Å². The van der Waals surface area contributed by atoms with Gasteiger partial charge in [-0.25, -0.2) is 0 Å². The first-order valence-electron chi connectivity index (χ1n) is 6.70. The van der Waals surface area contributed by atoms with E-state index in [9.17, 15) is 0 Å². The molecule has 2 rings (SSSR count). The minimum absolute atomic E-state index is 0.686. The molecule has 0 fully saturated rings. The van der Waals surface area contributed by atoms with Gasteiger partial charge in [-0.15, -0.1) is 0 Å². The topological polar surface area (TPSA) is 24.5 Å². The van der Waals surface area contributed by atoms with Crippen molar-refractivity contribution in [1.82, 2.24) is 10.2 Å². The second-order valence-corrected chi connectivity index (χ2v) is 5.76. The lowest BCUT2D eigenvalue weighted by atomic mass is 10.1. The molecule has 0 aliphatic carbocycles. The van der Waals surface area contributed by atoms with Gasteiger partial charge >= 0.3 is 0 Å². The van der Waals surface area contributed by atoms with E-state index in [1.807, 2.05) is 12.1 Å². The molecule has 0 atom stereocenters. The summed E-state index contributed by atoms with van der Waals surface area (Å²) in [6.07, 6.45) is 2.22. The second-order valence-electron chi connectivity index (χ2n) is 4.85. The highest BCUT2D eigenvalue weighted by atomic mass is 79.9. The second kappa shape index (κ2) is 7.08. The van der Waals surface area contributed by atoms with Crippen molar-refractivity contribution in [3.63, 3.8) is 0 Å². The van der Waals surface area contributed by atoms with Crippen molar-refractivity contribution >= 4 is 22.0 Å². The summed E-state index contributed by atoms with van der Waals surface area (Å²) in [5.74, 6) is 0.970. The third kappa shape index (κ3) is 4.34. The molecule has 0 unspecified atom stereocenters. The number of likely N-dealkylation sites (N-methyl/N-ethyl adjacent to an activating group) is 1. The van der Waals surface area contributed by atoms with Gasteiger partial charge < -0.3 is 15.0 Å². The molecule has 0 amide bonds. The van der Waals surface area contributed by atoms with Crippen molar-refractivity contribution in [1.29, 1.82) is 0 Å². The monoisotopic (exact) mass is 324 g/mol. The molecule has 1 heterocycles. The van der Waals surface area contributed by atoms with Crippen LogP contribution in [0, 0.1) is 0 Å². The van der Waals surface area contributed by atoms with Gasteiger partial charge in [-0.1, -0.05) is 22.9 Å². The van der Waals surface area contributed by atoms with Crippen molar-refractivity contribution in [2.24, 2.45) is 0 Å². The van der Waals surface area contributed by atoms with E-state index < -0.39 is 0 Å². The van der Waals surface area contributed by atoms with E-state index >= 15 is 0 Å². The van der Waals surface area contributed by atoms with Crippen molar-refractivity contribution in [2.45, 2.75) is 6.92 Å². The van der Waals surface area contributed by atoms with Crippen LogP contribution in [0.25, 0.3) is 6.08 Å². The van der Waals surface area contributed by atoms with Crippen LogP contribution < -0.4 is 10.1 Å². The maximum absolute atomic E-state index is 5.75. The molecule has 0 saturated heterocycles. The van der Waals surface area contributed by atoms with Crippen LogP contribution in [0.5, 0.6) is 5.75 Å². The fourth-order valence-electron chi connectivity index (χ4n) is 1.97. The zero-order chi connectivity index (χ0) is 13.7. The third-order valence-electron chi connectivity index (χ3n) is 3.31. The number of halogens is 1. The molecule has 1 aromatic rings. The lowest BCUT2D eigenvalue weighted by Crippen LogP contribution is -2.31. The maximum Gasteiger partial charge on any atom is 0.127 e. The van der Waals surface area contributed by atoms with Crippen LogP contribution in [0.2, 0.25) is 0 Å². The van der Waals surface area contributed by atoms with E-state index in [4.69, 9.17) is 4.74 Å². The number of nitrogens with one attached hydrogen (secondary N) is 1. The first-order valence-corrected chi connectivity index (χ1v) is 7.49. The molecule has 0 radical (unpaired) electrons. The quantitative estimate of drug-likeness (QED) is 0.814. The molecule has 1 aliphatic rings. The van der Waals surface area contributed by atoms with Crippen LogP contribution in [-0.4, -0.2) is 44.7 Å². The maximum atomic E-state index is 5.75. The summed E-state index contributed by atoms with van der Waals surface area (Å²) in [6, 6.07) is 6.12. The minimum atomic E-state index is 0.686. The molecule has 4 heteroatoms. The number of nitrogens with zero attached hydrogens (tertiary/aromatic N) is 1. The number of benzene rings is 1. The Morgan fingerprint density at radius 1 is 1.42 bits per heavy atom. The van der Waals surface area contributed by atoms with Gasteiger partial charge in [0, 0.05) is 29.7 Å². The predicted molar refractivity (Wildman–Crippen MR) is 83.7 cm³/mol. The highest BCUT2D eigenvalue weighted by Gasteiger charge is 2.11. The van der Waals surface area contributed by atoms with Crippen LogP contribution in [-0.2, 0) is 0 Å². The van der Waals surface area contributed by atoms with Gasteiger partial charge in [0.05, 0.1) is 0 Å². The van der Waals surface area contributed by atoms with Crippen molar-refractivity contribution < 1.29 is 4.74 Å². The van der Waals surface area contributed by atoms with Crippen LogP contribution in [0.3, 0.4) is 0 Å². The first-order chi connectivity index (χ1) is 9.19. The van der Waals surface area contributed by atoms with Gasteiger partial charge in [-0.05, 0) is 43.4 Å². The molecule has 3 nitrogen and oxygen atoms in total. The van der Waals surface area contributed by atoms with Gasteiger partial charge in [-0.3, -0.25) is 0 Å². The molecule has 104 valence electrons. The Hall–Kier alpha value is -0.840. The summed E-state index contributed by atoms with van der Waals surface area (Å²) in [4.78, 5) is 2.30. The fraction of sp³-hybridized carbons (Fsp3) is 0.467. The van der Waals surface area contributed by atoms with Crippen LogP contribution in [0.15, 0.2) is 28.2 Å². The number of ether oxygens (including phenoxy) is 1. The fourth-order valence-corrected chi connectivity index (χ4v) is 2.35. The lowest BCUT2D eigenvalue weighted by Gasteiger charge is -2.19. The molecular weight excluding hydrogens is 304 g/mol. The van der Waals surface area contributed by atoms with E-state index in [2.05, 4.69) is 52.3 Å². The molecular formula is C15H21BrN2O. The smallest absolute Gasteiger partial charge is 0.127 e. The average molecular weight is 325 g/mol. The van der Waals surface area contributed by atoms with Crippen LogP contribution >= 0.6 is 15.9 Å². The summed E-state index contributed by atoms with van der Waals surface area (Å²) in [5, 5.41) is 3.46. The van der Waals surface area contributed by atoms with Gasteiger partial charge in [0.25, 0.3) is 0 Å². The van der Waals surface area contributed by atoms with Gasteiger partial charge in [0.2, 0.25) is 0 Å². The van der Waals surface area contributed by atoms with E-state index in [0.717, 1.165) is 42.0 Å². The molecule has 0 saturated carbocycles. The minimum Gasteiger partial charge on any atom is -0.489 e. The Bertz CT molecular complexity index is 459. The Kier molecular flexibility index (Phi) is 5.43. The molecule has 1 aliphatic heterocycles. The molecule has 1 aromatic carbocycles. The summed E-state index contributed by atoms with van der Waals surface area (Å²) in [7, 11) is 2.14. The Morgan fingerprint density at radius 3 is 3.05 bits per heavy atom. The molecule has 19 heavy (non-hydrogen) atoms. The van der Waals surface area contributed by atoms with Crippen molar-refractivity contribution in [2.75, 3.05) is 39.8 Å². The third-order valence-corrected chi connectivity index (χ3v) is 3.80. The SMILES string of the molecule is CCN(C)CCNCC1=Cc2cc(Br)ccc2OC1. The zero-order valence-corrected chi connectivity index (χ0v) is 13.2. The Morgan fingerprint density at radius 2 is 2.26 bits per heavy atom. The Balaban J connectivity index is 1.85. The predicted octanol–water partition coefficient (Wildman–Crippen LogP) is 2.77. The molecule has 0 bridgehead atoms. The summed E-state index contributed by atoms with van der Waals surface area (Å²) < 4.78 is 6.84.